The average Bonchev–Trinajstić information content (AvgIpc) is 2.29. The quantitative estimate of drug-likeness (QED) is 0.501. The standard InChI is InChI=1S/C14H19Br2FOSi/c1-4-5-8-19(2,3)18-12-7-6-11(9-14(15)16)13(17)10-12/h6-7,9-10H,4-5,8H2,1-3H3. The molecule has 1 nitrogen and oxygen atoms in total. The van der Waals surface area contributed by atoms with Gasteiger partial charge in [-0.3, -0.25) is 0 Å². The van der Waals surface area contributed by atoms with Crippen LogP contribution in [0.25, 0.3) is 6.08 Å². The van der Waals surface area contributed by atoms with Crippen molar-refractivity contribution in [3.05, 3.63) is 33.0 Å². The summed E-state index contributed by atoms with van der Waals surface area (Å²) >= 11 is 6.46. The van der Waals surface area contributed by atoms with E-state index in [9.17, 15) is 4.39 Å². The Hall–Kier alpha value is -0.133. The van der Waals surface area contributed by atoms with Gasteiger partial charge in [-0.2, -0.15) is 0 Å². The number of rotatable bonds is 6. The van der Waals surface area contributed by atoms with Gasteiger partial charge in [0.2, 0.25) is 8.32 Å². The molecule has 0 aliphatic heterocycles. The summed E-state index contributed by atoms with van der Waals surface area (Å²) in [5.41, 5.74) is 0.532. The number of unbranched alkanes of at least 4 members (excludes halogenated alkanes) is 1. The SMILES string of the molecule is CCCC[Si](C)(C)Oc1ccc(C=C(Br)Br)c(F)c1. The normalized spacial score (nSPS) is 11.3. The van der Waals surface area contributed by atoms with Gasteiger partial charge in [0.25, 0.3) is 0 Å². The van der Waals surface area contributed by atoms with Crippen LogP contribution in [0.3, 0.4) is 0 Å². The molecule has 0 atom stereocenters. The Morgan fingerprint density at radius 1 is 1.37 bits per heavy atom. The zero-order chi connectivity index (χ0) is 14.5. The summed E-state index contributed by atoms with van der Waals surface area (Å²) in [6.45, 7) is 6.51. The van der Waals surface area contributed by atoms with Crippen LogP contribution in [0.5, 0.6) is 5.75 Å². The number of benzene rings is 1. The van der Waals surface area contributed by atoms with Crippen molar-refractivity contribution in [2.24, 2.45) is 0 Å². The van der Waals surface area contributed by atoms with Crippen LogP contribution in [0.15, 0.2) is 21.6 Å². The molecule has 106 valence electrons. The first-order chi connectivity index (χ1) is 8.84. The molecule has 5 heteroatoms. The predicted molar refractivity (Wildman–Crippen MR) is 90.1 cm³/mol. The lowest BCUT2D eigenvalue weighted by Gasteiger charge is -2.24. The molecular formula is C14H19Br2FOSi. The van der Waals surface area contributed by atoms with E-state index in [1.54, 1.807) is 12.1 Å². The smallest absolute Gasteiger partial charge is 0.245 e. The summed E-state index contributed by atoms with van der Waals surface area (Å²) in [5, 5.41) is 0. The van der Waals surface area contributed by atoms with E-state index in [4.69, 9.17) is 4.43 Å². The second kappa shape index (κ2) is 7.60. The van der Waals surface area contributed by atoms with E-state index in [1.165, 1.54) is 12.5 Å². The molecule has 0 aliphatic carbocycles. The minimum Gasteiger partial charge on any atom is -0.544 e. The average molecular weight is 410 g/mol. The molecule has 0 bridgehead atoms. The van der Waals surface area contributed by atoms with Crippen molar-refractivity contribution in [1.29, 1.82) is 0 Å². The number of halogens is 3. The van der Waals surface area contributed by atoms with E-state index in [-0.39, 0.29) is 5.82 Å². The van der Waals surface area contributed by atoms with Crippen molar-refractivity contribution >= 4 is 46.3 Å². The molecule has 0 aromatic heterocycles. The van der Waals surface area contributed by atoms with Crippen LogP contribution < -0.4 is 4.43 Å². The van der Waals surface area contributed by atoms with E-state index >= 15 is 0 Å². The van der Waals surface area contributed by atoms with Gasteiger partial charge in [0, 0.05) is 11.6 Å². The van der Waals surface area contributed by atoms with E-state index in [2.05, 4.69) is 51.9 Å². The summed E-state index contributed by atoms with van der Waals surface area (Å²) in [4.78, 5) is 0. The van der Waals surface area contributed by atoms with Crippen LogP contribution in [0.4, 0.5) is 4.39 Å². The molecule has 0 unspecified atom stereocenters. The maximum Gasteiger partial charge on any atom is 0.245 e. The second-order valence-electron chi connectivity index (χ2n) is 5.08. The minimum atomic E-state index is -1.74. The summed E-state index contributed by atoms with van der Waals surface area (Å²) < 4.78 is 20.6. The van der Waals surface area contributed by atoms with Crippen LogP contribution in [0, 0.1) is 5.82 Å². The first-order valence-corrected chi connectivity index (χ1v) is 11.1. The highest BCUT2D eigenvalue weighted by atomic mass is 79.9. The molecule has 1 aromatic rings. The first-order valence-electron chi connectivity index (χ1n) is 6.35. The Balaban J connectivity index is 2.81. The molecule has 0 amide bonds. The Kier molecular flexibility index (Phi) is 6.77. The van der Waals surface area contributed by atoms with Crippen molar-refractivity contribution in [1.82, 2.24) is 0 Å². The second-order valence-corrected chi connectivity index (χ2v) is 12.1. The van der Waals surface area contributed by atoms with Crippen LogP contribution in [0.1, 0.15) is 25.3 Å². The summed E-state index contributed by atoms with van der Waals surface area (Å²) in [6, 6.07) is 6.13. The van der Waals surface area contributed by atoms with Gasteiger partial charge in [-0.05, 0) is 69.2 Å². The van der Waals surface area contributed by atoms with Crippen molar-refractivity contribution in [3.8, 4) is 5.75 Å². The molecule has 0 saturated carbocycles. The van der Waals surface area contributed by atoms with Gasteiger partial charge in [-0.1, -0.05) is 19.8 Å². The maximum absolute atomic E-state index is 13.9. The highest BCUT2D eigenvalue weighted by Crippen LogP contribution is 2.25. The third-order valence-corrected chi connectivity index (χ3v) is 5.57. The molecule has 0 radical (unpaired) electrons. The third kappa shape index (κ3) is 6.23. The Morgan fingerprint density at radius 3 is 2.58 bits per heavy atom. The summed E-state index contributed by atoms with van der Waals surface area (Å²) in [6.07, 6.45) is 4.01. The van der Waals surface area contributed by atoms with Crippen molar-refractivity contribution in [2.75, 3.05) is 0 Å². The van der Waals surface area contributed by atoms with E-state index in [0.717, 1.165) is 12.5 Å². The lowest BCUT2D eigenvalue weighted by atomic mass is 10.2. The van der Waals surface area contributed by atoms with Crippen molar-refractivity contribution in [2.45, 2.75) is 38.9 Å². The molecule has 1 aromatic carbocycles. The fourth-order valence-electron chi connectivity index (χ4n) is 1.78. The lowest BCUT2D eigenvalue weighted by molar-refractivity contribution is 0.531. The highest BCUT2D eigenvalue weighted by Gasteiger charge is 2.23. The minimum absolute atomic E-state index is 0.269. The van der Waals surface area contributed by atoms with Crippen LogP contribution in [-0.4, -0.2) is 8.32 Å². The highest BCUT2D eigenvalue weighted by molar-refractivity contribution is 9.28. The Labute approximate surface area is 132 Å². The summed E-state index contributed by atoms with van der Waals surface area (Å²) in [7, 11) is -1.74. The Bertz CT molecular complexity index is 457. The van der Waals surface area contributed by atoms with Crippen LogP contribution in [0.2, 0.25) is 19.1 Å². The fourth-order valence-corrected chi connectivity index (χ4v) is 4.34. The maximum atomic E-state index is 13.9. The monoisotopic (exact) mass is 408 g/mol. The van der Waals surface area contributed by atoms with Gasteiger partial charge in [0.05, 0.1) is 3.39 Å². The number of hydrogen-bond acceptors (Lipinski definition) is 1. The summed E-state index contributed by atoms with van der Waals surface area (Å²) in [5.74, 6) is 0.363. The molecule has 19 heavy (non-hydrogen) atoms. The number of hydrogen-bond donors (Lipinski definition) is 0. The topological polar surface area (TPSA) is 9.23 Å². The van der Waals surface area contributed by atoms with Gasteiger partial charge in [-0.25, -0.2) is 4.39 Å². The zero-order valence-electron chi connectivity index (χ0n) is 11.5. The van der Waals surface area contributed by atoms with Crippen molar-refractivity contribution < 1.29 is 8.82 Å². The molecule has 1 rings (SSSR count). The van der Waals surface area contributed by atoms with E-state index in [0.29, 0.717) is 14.7 Å². The Morgan fingerprint density at radius 2 is 2.05 bits per heavy atom. The molecule has 0 aliphatic rings. The van der Waals surface area contributed by atoms with Crippen molar-refractivity contribution in [3.63, 3.8) is 0 Å². The third-order valence-electron chi connectivity index (χ3n) is 2.76. The first kappa shape index (κ1) is 16.9. The molecular weight excluding hydrogens is 391 g/mol. The molecule has 0 heterocycles. The molecule has 0 fully saturated rings. The zero-order valence-corrected chi connectivity index (χ0v) is 15.6. The van der Waals surface area contributed by atoms with Gasteiger partial charge in [-0.15, -0.1) is 0 Å². The molecule has 0 spiro atoms. The van der Waals surface area contributed by atoms with E-state index in [1.807, 2.05) is 6.07 Å². The fraction of sp³-hybridized carbons (Fsp3) is 0.429. The lowest BCUT2D eigenvalue weighted by Crippen LogP contribution is -2.33. The largest absolute Gasteiger partial charge is 0.544 e. The molecule has 0 N–H and O–H groups in total. The van der Waals surface area contributed by atoms with Gasteiger partial charge in [0.15, 0.2) is 0 Å². The van der Waals surface area contributed by atoms with Gasteiger partial charge in [0.1, 0.15) is 11.6 Å². The van der Waals surface area contributed by atoms with Gasteiger partial charge >= 0.3 is 0 Å². The van der Waals surface area contributed by atoms with Crippen LogP contribution >= 0.6 is 31.9 Å². The van der Waals surface area contributed by atoms with Crippen LogP contribution in [-0.2, 0) is 0 Å². The van der Waals surface area contributed by atoms with Gasteiger partial charge < -0.3 is 4.43 Å². The van der Waals surface area contributed by atoms with E-state index < -0.39 is 8.32 Å². The molecule has 0 saturated heterocycles. The predicted octanol–water partition coefficient (Wildman–Crippen LogP) is 6.30.